The Bertz CT molecular complexity index is 757. The second-order valence-corrected chi connectivity index (χ2v) is 11.3. The fourth-order valence-corrected chi connectivity index (χ4v) is 9.39. The molecule has 0 amide bonds. The van der Waals surface area contributed by atoms with E-state index in [0.717, 1.165) is 28.4 Å². The first-order valence-electron chi connectivity index (χ1n) is 11.4. The summed E-state index contributed by atoms with van der Waals surface area (Å²) in [6.45, 7) is 0. The molecule has 0 bridgehead atoms. The molecule has 1 radical (unpaired) electrons. The van der Waals surface area contributed by atoms with E-state index in [2.05, 4.69) is 36.4 Å². The zero-order valence-corrected chi connectivity index (χ0v) is 21.9. The second-order valence-electron chi connectivity index (χ2n) is 8.55. The molecule has 0 spiro atoms. The van der Waals surface area contributed by atoms with Gasteiger partial charge in [-0.1, -0.05) is 76.8 Å². The van der Waals surface area contributed by atoms with Crippen LogP contribution in [0.4, 0.5) is 0 Å². The SMILES string of the molecule is COc1cccc(OC)c1-c1ccccc1P(C1CCCCC1)C1CCCCC1.[Na]. The Morgan fingerprint density at radius 1 is 0.667 bits per heavy atom. The first kappa shape index (κ1) is 24.1. The molecule has 0 aromatic heterocycles. The molecule has 0 atom stereocenters. The molecule has 2 aliphatic rings. The standard InChI is InChI=1S/C26H35O2P.Na/c1-27-23-17-11-18-24(28-2)26(23)22-16-9-10-19-25(22)29(20-12-5-3-6-13-20)21-14-7-4-8-15-21;/h9-11,16-21H,3-8,12-15H2,1-2H3;. The maximum atomic E-state index is 5.80. The molecule has 0 saturated heterocycles. The molecule has 0 unspecified atom stereocenters. The van der Waals surface area contributed by atoms with Crippen LogP contribution >= 0.6 is 7.92 Å². The maximum absolute atomic E-state index is 5.80. The fourth-order valence-electron chi connectivity index (χ4n) is 5.44. The summed E-state index contributed by atoms with van der Waals surface area (Å²) in [7, 11) is 3.36. The van der Waals surface area contributed by atoms with Crippen molar-refractivity contribution in [1.29, 1.82) is 0 Å². The van der Waals surface area contributed by atoms with E-state index in [0.29, 0.717) is 0 Å². The number of ether oxygens (including phenoxy) is 2. The zero-order valence-electron chi connectivity index (χ0n) is 19.0. The molecule has 2 aliphatic carbocycles. The number of methoxy groups -OCH3 is 2. The van der Waals surface area contributed by atoms with Gasteiger partial charge in [-0.3, -0.25) is 0 Å². The van der Waals surface area contributed by atoms with Crippen LogP contribution in [0.3, 0.4) is 0 Å². The Kier molecular flexibility index (Phi) is 9.58. The molecular weight excluding hydrogens is 398 g/mol. The van der Waals surface area contributed by atoms with Gasteiger partial charge in [-0.15, -0.1) is 0 Å². The van der Waals surface area contributed by atoms with Crippen LogP contribution in [0.15, 0.2) is 42.5 Å². The maximum Gasteiger partial charge on any atom is 0.130 e. The average molecular weight is 434 g/mol. The molecule has 0 heterocycles. The van der Waals surface area contributed by atoms with Crippen LogP contribution in [-0.2, 0) is 0 Å². The molecule has 2 fully saturated rings. The van der Waals surface area contributed by atoms with E-state index in [1.807, 2.05) is 6.07 Å². The molecular formula is C26H35NaO2P. The third-order valence-corrected chi connectivity index (χ3v) is 10.4. The van der Waals surface area contributed by atoms with E-state index in [-0.39, 0.29) is 37.5 Å². The van der Waals surface area contributed by atoms with E-state index < -0.39 is 0 Å². The third-order valence-electron chi connectivity index (χ3n) is 6.82. The Morgan fingerprint density at radius 2 is 1.17 bits per heavy atom. The number of hydrogen-bond acceptors (Lipinski definition) is 2. The second kappa shape index (κ2) is 11.9. The van der Waals surface area contributed by atoms with Gasteiger partial charge >= 0.3 is 0 Å². The van der Waals surface area contributed by atoms with Crippen LogP contribution in [0.1, 0.15) is 64.2 Å². The monoisotopic (exact) mass is 433 g/mol. The van der Waals surface area contributed by atoms with E-state index in [1.54, 1.807) is 19.5 Å². The van der Waals surface area contributed by atoms with Crippen LogP contribution in [0.5, 0.6) is 11.5 Å². The van der Waals surface area contributed by atoms with Gasteiger partial charge in [0.2, 0.25) is 0 Å². The molecule has 2 saturated carbocycles. The third kappa shape index (κ3) is 5.26. The van der Waals surface area contributed by atoms with Crippen LogP contribution in [-0.4, -0.2) is 55.1 Å². The summed E-state index contributed by atoms with van der Waals surface area (Å²) in [4.78, 5) is 0. The molecule has 4 rings (SSSR count). The van der Waals surface area contributed by atoms with Gasteiger partial charge in [0.15, 0.2) is 0 Å². The predicted octanol–water partition coefficient (Wildman–Crippen LogP) is 6.76. The van der Waals surface area contributed by atoms with Crippen molar-refractivity contribution < 1.29 is 9.47 Å². The smallest absolute Gasteiger partial charge is 0.130 e. The summed E-state index contributed by atoms with van der Waals surface area (Å²) in [5.74, 6) is 1.83. The molecule has 30 heavy (non-hydrogen) atoms. The number of rotatable bonds is 6. The molecule has 157 valence electrons. The summed E-state index contributed by atoms with van der Waals surface area (Å²) in [6.07, 6.45) is 14.2. The minimum atomic E-state index is -0.182. The minimum Gasteiger partial charge on any atom is -0.496 e. The van der Waals surface area contributed by atoms with Gasteiger partial charge in [-0.05, 0) is 60.0 Å². The van der Waals surface area contributed by atoms with Gasteiger partial charge in [-0.25, -0.2) is 0 Å². The summed E-state index contributed by atoms with van der Waals surface area (Å²) in [5, 5.41) is 1.59. The zero-order chi connectivity index (χ0) is 20.1. The van der Waals surface area contributed by atoms with Crippen molar-refractivity contribution in [3.63, 3.8) is 0 Å². The van der Waals surface area contributed by atoms with Gasteiger partial charge in [-0.2, -0.15) is 0 Å². The quantitative estimate of drug-likeness (QED) is 0.370. The first-order valence-corrected chi connectivity index (χ1v) is 12.9. The van der Waals surface area contributed by atoms with Crippen LogP contribution in [0.2, 0.25) is 0 Å². The van der Waals surface area contributed by atoms with E-state index in [4.69, 9.17) is 9.47 Å². The largest absolute Gasteiger partial charge is 0.496 e. The van der Waals surface area contributed by atoms with Crippen LogP contribution in [0.25, 0.3) is 11.1 Å². The van der Waals surface area contributed by atoms with Gasteiger partial charge in [0.1, 0.15) is 11.5 Å². The van der Waals surface area contributed by atoms with Crippen molar-refractivity contribution in [1.82, 2.24) is 0 Å². The topological polar surface area (TPSA) is 18.5 Å². The summed E-state index contributed by atoms with van der Waals surface area (Å²) in [6, 6.07) is 15.3. The van der Waals surface area contributed by atoms with Gasteiger partial charge in [0.25, 0.3) is 0 Å². The minimum absolute atomic E-state index is 0. The average Bonchev–Trinajstić information content (AvgIpc) is 2.80. The van der Waals surface area contributed by atoms with E-state index >= 15 is 0 Å². The van der Waals surface area contributed by atoms with Crippen LogP contribution in [0, 0.1) is 0 Å². The van der Waals surface area contributed by atoms with Crippen molar-refractivity contribution >= 4 is 42.8 Å². The summed E-state index contributed by atoms with van der Waals surface area (Å²) >= 11 is 0. The van der Waals surface area contributed by atoms with Crippen molar-refractivity contribution in [2.24, 2.45) is 0 Å². The Labute approximate surface area is 206 Å². The molecule has 0 aliphatic heterocycles. The summed E-state index contributed by atoms with van der Waals surface area (Å²) < 4.78 is 11.6. The number of hydrogen-bond donors (Lipinski definition) is 0. The Morgan fingerprint density at radius 3 is 1.67 bits per heavy atom. The fraction of sp³-hybridized carbons (Fsp3) is 0.538. The van der Waals surface area contributed by atoms with Crippen molar-refractivity contribution in [3.8, 4) is 22.6 Å². The predicted molar refractivity (Wildman–Crippen MR) is 131 cm³/mol. The van der Waals surface area contributed by atoms with Crippen LogP contribution < -0.4 is 14.8 Å². The Hall–Kier alpha value is -0.530. The van der Waals surface area contributed by atoms with Gasteiger partial charge in [0.05, 0.1) is 19.8 Å². The van der Waals surface area contributed by atoms with Crippen molar-refractivity contribution in [2.75, 3.05) is 14.2 Å². The Balaban J connectivity index is 0.00000256. The molecule has 2 nitrogen and oxygen atoms in total. The van der Waals surface area contributed by atoms with E-state index in [1.165, 1.54) is 69.8 Å². The number of benzene rings is 2. The van der Waals surface area contributed by atoms with Crippen molar-refractivity contribution in [2.45, 2.75) is 75.5 Å². The van der Waals surface area contributed by atoms with Gasteiger partial charge < -0.3 is 9.47 Å². The van der Waals surface area contributed by atoms with Gasteiger partial charge in [0, 0.05) is 29.6 Å². The molecule has 2 aromatic carbocycles. The van der Waals surface area contributed by atoms with Crippen molar-refractivity contribution in [3.05, 3.63) is 42.5 Å². The normalized spacial score (nSPS) is 18.1. The van der Waals surface area contributed by atoms with E-state index in [9.17, 15) is 0 Å². The summed E-state index contributed by atoms with van der Waals surface area (Å²) in [5.41, 5.74) is 4.23. The molecule has 2 aromatic rings. The molecule has 0 N–H and O–H groups in total. The first-order chi connectivity index (χ1) is 14.3. The molecule has 4 heteroatoms.